The van der Waals surface area contributed by atoms with Crippen LogP contribution in [0.3, 0.4) is 0 Å². The fourth-order valence-electron chi connectivity index (χ4n) is 0.336. The minimum atomic E-state index is -0.375. The van der Waals surface area contributed by atoms with E-state index in [0.717, 1.165) is 0 Å². The van der Waals surface area contributed by atoms with E-state index in [-0.39, 0.29) is 84.2 Å². The summed E-state index contributed by atoms with van der Waals surface area (Å²) >= 11 is 0. The van der Waals surface area contributed by atoms with Gasteiger partial charge in [0.05, 0.1) is 0 Å². The molecule has 0 aliphatic carbocycles. The maximum atomic E-state index is 11.6. The quantitative estimate of drug-likeness (QED) is 0.683. The Balaban J connectivity index is -0.000000180. The van der Waals surface area contributed by atoms with Gasteiger partial charge in [-0.05, 0) is 0 Å². The summed E-state index contributed by atoms with van der Waals surface area (Å²) in [5.74, 6) is 0. The van der Waals surface area contributed by atoms with Crippen molar-refractivity contribution in [2.75, 3.05) is 0 Å². The molecule has 0 fully saturated rings. The van der Waals surface area contributed by atoms with Crippen molar-refractivity contribution in [3.63, 3.8) is 0 Å². The van der Waals surface area contributed by atoms with E-state index in [9.17, 15) is 8.78 Å². The first-order chi connectivity index (χ1) is 3.13. The molecule has 0 saturated heterocycles. The Morgan fingerprint density at radius 1 is 1.00 bits per heavy atom. The van der Waals surface area contributed by atoms with E-state index in [0.29, 0.717) is 0 Å². The number of hydrogen-bond acceptors (Lipinski definition) is 0. The zero-order valence-electron chi connectivity index (χ0n) is 5.62. The minimum Gasteiger partial charge on any atom is -0.459 e. The molecule has 0 aromatic heterocycles. The molecule has 4 heteroatoms. The molecule has 0 nitrogen and oxygen atoms in total. The monoisotopic (exact) mass is 284 g/mol. The van der Waals surface area contributed by atoms with Crippen LogP contribution >= 0.6 is 0 Å². The third-order valence-electron chi connectivity index (χ3n) is 0.487. The third kappa shape index (κ3) is 17.8. The summed E-state index contributed by atoms with van der Waals surface area (Å²) in [6.07, 6.45) is -0.889. The van der Waals surface area contributed by atoms with E-state index in [2.05, 4.69) is 0 Å². The molecule has 0 unspecified atom stereocenters. The van der Waals surface area contributed by atoms with E-state index in [4.69, 9.17) is 0 Å². The molecule has 0 aromatic rings. The Hall–Kier alpha value is 2.07. The molecule has 0 bridgehead atoms. The second kappa shape index (κ2) is 10.1. The van der Waals surface area contributed by atoms with Crippen molar-refractivity contribution < 1.29 is 74.2 Å². The van der Waals surface area contributed by atoms with Gasteiger partial charge < -0.3 is 8.78 Å². The first-order valence-corrected chi connectivity index (χ1v) is 2.09. The Labute approximate surface area is 105 Å². The molecular formula is C5H8F2Y2-2. The van der Waals surface area contributed by atoms with Gasteiger partial charge in [-0.1, -0.05) is 0 Å². The van der Waals surface area contributed by atoms with Gasteiger partial charge in [-0.2, -0.15) is 26.2 Å². The van der Waals surface area contributed by atoms with Gasteiger partial charge in [0.25, 0.3) is 0 Å². The van der Waals surface area contributed by atoms with Crippen LogP contribution in [0.2, 0.25) is 0 Å². The van der Waals surface area contributed by atoms with Crippen LogP contribution in [0.4, 0.5) is 8.78 Å². The van der Waals surface area contributed by atoms with Crippen molar-refractivity contribution in [2.24, 2.45) is 0 Å². The van der Waals surface area contributed by atoms with Gasteiger partial charge in [-0.3, -0.25) is 6.42 Å². The molecule has 50 valence electrons. The van der Waals surface area contributed by atoms with Crippen molar-refractivity contribution in [3.8, 4) is 0 Å². The van der Waals surface area contributed by atoms with Crippen LogP contribution in [-0.2, 0) is 65.4 Å². The molecule has 0 amide bonds. The van der Waals surface area contributed by atoms with Crippen LogP contribution in [-0.4, -0.2) is 0 Å². The van der Waals surface area contributed by atoms with Crippen LogP contribution in [0.15, 0.2) is 0 Å². The van der Waals surface area contributed by atoms with Crippen LogP contribution < -0.4 is 0 Å². The smallest absolute Gasteiger partial charge is 0 e. The normalized spacial score (nSPS) is 8.67. The molecule has 0 heterocycles. The van der Waals surface area contributed by atoms with Crippen molar-refractivity contribution in [1.82, 2.24) is 0 Å². The van der Waals surface area contributed by atoms with Gasteiger partial charge in [-0.15, -0.1) is 0 Å². The summed E-state index contributed by atoms with van der Waals surface area (Å²) in [4.78, 5) is 0. The van der Waals surface area contributed by atoms with Crippen molar-refractivity contribution in [3.05, 3.63) is 12.3 Å². The Morgan fingerprint density at radius 2 is 1.22 bits per heavy atom. The van der Waals surface area contributed by atoms with Crippen molar-refractivity contribution >= 4 is 0 Å². The molecule has 2 radical (unpaired) electrons. The molecule has 0 saturated carbocycles. The second-order valence-corrected chi connectivity index (χ2v) is 1.53. The van der Waals surface area contributed by atoms with E-state index in [1.165, 1.54) is 13.8 Å². The number of rotatable bonds is 2. The predicted molar refractivity (Wildman–Crippen MR) is 24.7 cm³/mol. The average Bonchev–Trinajstić information content (AvgIpc) is 1.27. The topological polar surface area (TPSA) is 0 Å². The summed E-state index contributed by atoms with van der Waals surface area (Å²) in [5, 5.41) is 0. The maximum Gasteiger partial charge on any atom is 0 e. The molecule has 0 atom stereocenters. The molecule has 0 spiro atoms. The summed E-state index contributed by atoms with van der Waals surface area (Å²) in [6.45, 7) is 2.51. The Morgan fingerprint density at radius 3 is 1.22 bits per heavy atom. The summed E-state index contributed by atoms with van der Waals surface area (Å²) in [6, 6.07) is 0. The standard InChI is InChI=1S/C5H8F2.2Y/c1-4(6)3-5(2)7;;/h3H2,1-2H3;;/q-2;;. The van der Waals surface area contributed by atoms with Crippen LogP contribution in [0.5, 0.6) is 0 Å². The molecule has 0 rings (SSSR count). The van der Waals surface area contributed by atoms with Crippen LogP contribution in [0.1, 0.15) is 20.3 Å². The fourth-order valence-corrected chi connectivity index (χ4v) is 0.336. The molecule has 0 aliphatic rings. The average molecular weight is 284 g/mol. The predicted octanol–water partition coefficient (Wildman–Crippen LogP) is 2.41. The molecule has 0 N–H and O–H groups in total. The Kier molecular flexibility index (Phi) is 19.3. The second-order valence-electron chi connectivity index (χ2n) is 1.53. The van der Waals surface area contributed by atoms with E-state index in [1.807, 2.05) is 0 Å². The first kappa shape index (κ1) is 17.2. The summed E-state index contributed by atoms with van der Waals surface area (Å²) < 4.78 is 23.2. The van der Waals surface area contributed by atoms with Gasteiger partial charge in [0.15, 0.2) is 0 Å². The van der Waals surface area contributed by atoms with Gasteiger partial charge in [0, 0.05) is 65.4 Å². The SMILES string of the molecule is C[C-](F)C[C-](C)F.[Y].[Y]. The molecule has 9 heavy (non-hydrogen) atoms. The zero-order valence-corrected chi connectivity index (χ0v) is 11.3. The number of halogens is 2. The van der Waals surface area contributed by atoms with Crippen LogP contribution in [0.25, 0.3) is 0 Å². The van der Waals surface area contributed by atoms with Crippen LogP contribution in [0, 0.1) is 12.3 Å². The first-order valence-electron chi connectivity index (χ1n) is 2.09. The summed E-state index contributed by atoms with van der Waals surface area (Å²) in [5.41, 5.74) is 0. The molecule has 0 aliphatic heterocycles. The maximum absolute atomic E-state index is 11.6. The summed E-state index contributed by atoms with van der Waals surface area (Å²) in [7, 11) is 0. The van der Waals surface area contributed by atoms with E-state index < -0.39 is 0 Å². The minimum absolute atomic E-state index is 0. The van der Waals surface area contributed by atoms with Gasteiger partial charge in [0.1, 0.15) is 0 Å². The largest absolute Gasteiger partial charge is 0.459 e. The van der Waals surface area contributed by atoms with Gasteiger partial charge in [-0.25, -0.2) is 0 Å². The number of hydrogen-bond donors (Lipinski definition) is 0. The molecular weight excluding hydrogens is 276 g/mol. The van der Waals surface area contributed by atoms with Crippen molar-refractivity contribution in [1.29, 1.82) is 0 Å². The Bertz CT molecular complexity index is 42.2. The van der Waals surface area contributed by atoms with Gasteiger partial charge in [0.2, 0.25) is 0 Å². The molecule has 0 aromatic carbocycles. The van der Waals surface area contributed by atoms with Gasteiger partial charge >= 0.3 is 0 Å². The van der Waals surface area contributed by atoms with Crippen molar-refractivity contribution in [2.45, 2.75) is 20.3 Å². The fraction of sp³-hybridized carbons (Fsp3) is 0.600. The van der Waals surface area contributed by atoms with E-state index in [1.54, 1.807) is 0 Å². The third-order valence-corrected chi connectivity index (χ3v) is 0.487. The zero-order chi connectivity index (χ0) is 5.86. The van der Waals surface area contributed by atoms with E-state index >= 15 is 0 Å².